The zero-order chi connectivity index (χ0) is 23.1. The molecule has 1 aromatic rings. The van der Waals surface area contributed by atoms with Crippen molar-refractivity contribution in [3.05, 3.63) is 33.5 Å². The van der Waals surface area contributed by atoms with Crippen LogP contribution in [-0.4, -0.2) is 59.7 Å². The van der Waals surface area contributed by atoms with Gasteiger partial charge in [0.05, 0.1) is 6.61 Å². The van der Waals surface area contributed by atoms with Gasteiger partial charge in [-0.25, -0.2) is 13.7 Å². The van der Waals surface area contributed by atoms with Crippen LogP contribution in [0.4, 0.5) is 4.39 Å². The Kier molecular flexibility index (Phi) is 7.60. The lowest BCUT2D eigenvalue weighted by Crippen LogP contribution is -2.33. The number of aromatic nitrogens is 1. The predicted molar refractivity (Wildman–Crippen MR) is 91.2 cm³/mol. The second kappa shape index (κ2) is 8.96. The van der Waals surface area contributed by atoms with Gasteiger partial charge in [0.25, 0.3) is 5.56 Å². The monoisotopic (exact) mass is 499 g/mol. The van der Waals surface area contributed by atoms with Crippen molar-refractivity contribution in [2.75, 3.05) is 6.61 Å². The van der Waals surface area contributed by atoms with Gasteiger partial charge in [-0.1, -0.05) is 0 Å². The molecule has 1 aliphatic heterocycles. The molecular weight excluding hydrogens is 482 g/mol. The summed E-state index contributed by atoms with van der Waals surface area (Å²) in [7, 11) is -16.8. The van der Waals surface area contributed by atoms with Crippen LogP contribution in [0.1, 0.15) is 17.2 Å². The first kappa shape index (κ1) is 25.4. The molecule has 0 saturated carbocycles. The van der Waals surface area contributed by atoms with E-state index in [1.807, 2.05) is 4.98 Å². The highest BCUT2D eigenvalue weighted by Gasteiger charge is 2.47. The Morgan fingerprint density at radius 3 is 2.27 bits per heavy atom. The van der Waals surface area contributed by atoms with E-state index in [-0.39, 0.29) is 11.1 Å². The van der Waals surface area contributed by atoms with E-state index in [4.69, 9.17) is 19.4 Å². The number of ether oxygens (including phenoxy) is 1. The summed E-state index contributed by atoms with van der Waals surface area (Å²) in [5.41, 5.74) is -1.01. The molecule has 3 unspecified atom stereocenters. The molecule has 172 valence electrons. The van der Waals surface area contributed by atoms with Gasteiger partial charge in [-0.2, -0.15) is 13.0 Å². The number of aryl methyl sites for hydroxylation is 1. The van der Waals surface area contributed by atoms with Crippen molar-refractivity contribution in [1.82, 2.24) is 4.98 Å². The average Bonchev–Trinajstić information content (AvgIpc) is 2.81. The lowest BCUT2D eigenvalue weighted by atomic mass is 10.0. The number of aromatic amines is 1. The van der Waals surface area contributed by atoms with Crippen LogP contribution in [0.15, 0.2) is 10.9 Å². The van der Waals surface area contributed by atoms with Crippen molar-refractivity contribution >= 4 is 23.5 Å². The van der Waals surface area contributed by atoms with Crippen LogP contribution in [-0.2, 0) is 31.6 Å². The van der Waals surface area contributed by atoms with Crippen LogP contribution in [0.3, 0.4) is 0 Å². The van der Waals surface area contributed by atoms with Crippen molar-refractivity contribution in [3.63, 3.8) is 0 Å². The molecule has 7 N–H and O–H groups in total. The molecule has 1 fully saturated rings. The molecule has 0 aromatic carbocycles. The topological polar surface area (TPSA) is 242 Å². The summed E-state index contributed by atoms with van der Waals surface area (Å²) < 4.78 is 64.1. The van der Waals surface area contributed by atoms with Gasteiger partial charge in [-0.05, 0) is 13.0 Å². The van der Waals surface area contributed by atoms with Gasteiger partial charge >= 0.3 is 23.5 Å². The summed E-state index contributed by atoms with van der Waals surface area (Å²) in [6.07, 6.45) is -6.67. The highest BCUT2D eigenvalue weighted by molar-refractivity contribution is 7.66. The average molecular weight is 499 g/mol. The van der Waals surface area contributed by atoms with Crippen molar-refractivity contribution in [2.45, 2.75) is 31.3 Å². The van der Waals surface area contributed by atoms with E-state index >= 15 is 0 Å². The van der Waals surface area contributed by atoms with Crippen LogP contribution < -0.4 is 5.56 Å². The molecule has 0 amide bonds. The lowest BCUT2D eigenvalue weighted by Gasteiger charge is -2.19. The zero-order valence-corrected chi connectivity index (χ0v) is 17.4. The summed E-state index contributed by atoms with van der Waals surface area (Å²) in [5.74, 6) is -1.16. The minimum atomic E-state index is -5.74. The quantitative estimate of drug-likeness (QED) is 0.173. The predicted octanol–water partition coefficient (Wildman–Crippen LogP) is -0.673. The number of pyridine rings is 1. The number of phosphoric ester groups is 1. The minimum Gasteiger partial charge on any atom is -0.387 e. The van der Waals surface area contributed by atoms with Gasteiger partial charge in [-0.3, -0.25) is 14.3 Å². The van der Waals surface area contributed by atoms with Gasteiger partial charge in [-0.15, -0.1) is 0 Å². The molecule has 1 aliphatic rings. The van der Waals surface area contributed by atoms with Crippen LogP contribution >= 0.6 is 23.5 Å². The molecule has 1 saturated heterocycles. The number of nitrogens with one attached hydrogen (secondary N) is 1. The van der Waals surface area contributed by atoms with Crippen LogP contribution in [0.2, 0.25) is 0 Å². The first-order valence-electron chi connectivity index (χ1n) is 7.70. The highest BCUT2D eigenvalue weighted by atomic mass is 31.3. The second-order valence-electron chi connectivity index (χ2n) is 6.01. The molecule has 2 rings (SSSR count). The Morgan fingerprint density at radius 2 is 1.70 bits per heavy atom. The minimum absolute atomic E-state index is 0.0633. The third-order valence-electron chi connectivity index (χ3n) is 3.69. The fraction of sp³-hybridized carbons (Fsp3) is 0.545. The van der Waals surface area contributed by atoms with E-state index in [0.29, 0.717) is 0 Å². The number of H-pyrrole nitrogens is 1. The Balaban J connectivity index is 2.08. The molecule has 2 heterocycles. The number of rotatable bonds is 8. The van der Waals surface area contributed by atoms with E-state index < -0.39 is 66.0 Å². The molecule has 1 aromatic heterocycles. The molecule has 0 spiro atoms. The van der Waals surface area contributed by atoms with Crippen molar-refractivity contribution in [2.24, 2.45) is 0 Å². The summed E-state index contributed by atoms with van der Waals surface area (Å²) in [6.45, 7) is 0.286. The summed E-state index contributed by atoms with van der Waals surface area (Å²) >= 11 is 0. The Hall–Kier alpha value is -0.830. The van der Waals surface area contributed by atoms with E-state index in [9.17, 15) is 38.0 Å². The third kappa shape index (κ3) is 6.58. The fourth-order valence-electron chi connectivity index (χ4n) is 2.45. The van der Waals surface area contributed by atoms with E-state index in [1.54, 1.807) is 0 Å². The first-order chi connectivity index (χ1) is 13.5. The Morgan fingerprint density at radius 1 is 1.10 bits per heavy atom. The smallest absolute Gasteiger partial charge is 0.387 e. The zero-order valence-electron chi connectivity index (χ0n) is 14.8. The van der Waals surface area contributed by atoms with Crippen molar-refractivity contribution < 1.29 is 65.8 Å². The summed E-state index contributed by atoms with van der Waals surface area (Å²) in [6, 6.07) is 1.06. The van der Waals surface area contributed by atoms with Gasteiger partial charge in [0, 0.05) is 11.1 Å². The first-order valence-corrected chi connectivity index (χ1v) is 12.2. The largest absolute Gasteiger partial charge is 0.490 e. The molecule has 0 aliphatic carbocycles. The molecule has 15 nitrogen and oxygen atoms in total. The van der Waals surface area contributed by atoms with E-state index in [2.05, 4.69) is 13.1 Å². The molecule has 0 bridgehead atoms. The van der Waals surface area contributed by atoms with Gasteiger partial charge in [0.2, 0.25) is 0 Å². The van der Waals surface area contributed by atoms with Gasteiger partial charge in [0.1, 0.15) is 24.4 Å². The Bertz CT molecular complexity index is 992. The van der Waals surface area contributed by atoms with Crippen LogP contribution in [0.25, 0.3) is 0 Å². The second-order valence-corrected chi connectivity index (χ2v) is 10.4. The normalized spacial score (nSPS) is 28.8. The summed E-state index contributed by atoms with van der Waals surface area (Å²) in [4.78, 5) is 48.6. The van der Waals surface area contributed by atoms with Crippen molar-refractivity contribution in [3.8, 4) is 0 Å². The molecule has 0 radical (unpaired) electrons. The maximum atomic E-state index is 14.0. The number of hydrogen-bond acceptors (Lipinski definition) is 10. The van der Waals surface area contributed by atoms with Crippen LogP contribution in [0.5, 0.6) is 0 Å². The van der Waals surface area contributed by atoms with Crippen molar-refractivity contribution in [1.29, 1.82) is 0 Å². The fourth-order valence-corrected chi connectivity index (χ4v) is 5.48. The molecular formula is C11H17FNO14P3. The van der Waals surface area contributed by atoms with Gasteiger partial charge < -0.3 is 34.5 Å². The molecule has 19 heteroatoms. The standard InChI is InChI=1S/C11H17FNO14P3/c1-4-2-5(10(12)13-11(4)16)9-8(15)7(14)6(25-9)3-24-29(20,21)27-30(22,23)26-28(17,18)19/h2,6-9,14-15H,3H2,1H3,(H,13,16)(H,20,21)(H,22,23)(H2,17,18,19)/t6-,7?,8+,9+/m1/s1. The summed E-state index contributed by atoms with van der Waals surface area (Å²) in [5, 5.41) is 20.1. The number of phosphoric acid groups is 3. The maximum Gasteiger partial charge on any atom is 0.490 e. The number of halogens is 1. The van der Waals surface area contributed by atoms with Gasteiger partial charge in [0.15, 0.2) is 5.95 Å². The van der Waals surface area contributed by atoms with Crippen LogP contribution in [0, 0.1) is 12.9 Å². The molecule has 30 heavy (non-hydrogen) atoms. The number of aliphatic hydroxyl groups is 2. The third-order valence-corrected chi connectivity index (χ3v) is 7.50. The van der Waals surface area contributed by atoms with E-state index in [0.717, 1.165) is 6.07 Å². The molecule has 6 atom stereocenters. The number of aliphatic hydroxyl groups excluding tert-OH is 2. The van der Waals surface area contributed by atoms with E-state index in [1.165, 1.54) is 6.92 Å². The maximum absolute atomic E-state index is 14.0. The SMILES string of the molecule is Cc1cc([C@@H]2O[C@H](COP(=O)(O)OP(=O)(O)OP(=O)(O)O)C(O)[C@@H]2O)c(F)[nH]c1=O. The Labute approximate surface area is 166 Å². The number of hydrogen-bond donors (Lipinski definition) is 7. The highest BCUT2D eigenvalue weighted by Crippen LogP contribution is 2.66. The lowest BCUT2D eigenvalue weighted by molar-refractivity contribution is -0.0234.